The van der Waals surface area contributed by atoms with Gasteiger partial charge in [0.2, 0.25) is 5.43 Å². The molecule has 0 bridgehead atoms. The average Bonchev–Trinajstić information content (AvgIpc) is 2.72. The normalized spacial score (nSPS) is 14.8. The molecule has 2 heterocycles. The standard InChI is InChI=1S/C21H19ClFN3O4/c1-24-7-9-25(10-8-24)19-15(23)11-14-18(17(19)22)26(13-5-3-2-4-6-13)12-16(20(14)27)30-21(28)29/h2-6,11-12H,7-10H2,1H3,(H,28,29). The molecular weight excluding hydrogens is 413 g/mol. The number of aromatic nitrogens is 1. The zero-order chi connectivity index (χ0) is 21.4. The van der Waals surface area contributed by atoms with Crippen LogP contribution >= 0.6 is 11.6 Å². The first kappa shape index (κ1) is 20.2. The molecule has 1 aliphatic rings. The van der Waals surface area contributed by atoms with Gasteiger partial charge in [0, 0.05) is 31.9 Å². The Bertz CT molecular complexity index is 1170. The molecule has 2 aromatic carbocycles. The van der Waals surface area contributed by atoms with Crippen molar-refractivity contribution in [1.29, 1.82) is 0 Å². The van der Waals surface area contributed by atoms with E-state index in [-0.39, 0.29) is 16.1 Å². The van der Waals surface area contributed by atoms with E-state index in [1.807, 2.05) is 18.0 Å². The van der Waals surface area contributed by atoms with Gasteiger partial charge in [0.25, 0.3) is 0 Å². The largest absolute Gasteiger partial charge is 0.511 e. The Balaban J connectivity index is 2.01. The zero-order valence-electron chi connectivity index (χ0n) is 16.1. The van der Waals surface area contributed by atoms with E-state index in [9.17, 15) is 9.59 Å². The first-order chi connectivity index (χ1) is 14.4. The average molecular weight is 432 g/mol. The summed E-state index contributed by atoms with van der Waals surface area (Å²) in [6.07, 6.45) is -0.363. The quantitative estimate of drug-likeness (QED) is 0.639. The summed E-state index contributed by atoms with van der Waals surface area (Å²) in [6, 6.07) is 10.0. The molecular formula is C21H19ClFN3O4. The van der Waals surface area contributed by atoms with Gasteiger partial charge < -0.3 is 24.2 Å². The molecule has 1 N–H and O–H groups in total. The third-order valence-electron chi connectivity index (χ3n) is 5.18. The van der Waals surface area contributed by atoms with E-state index in [4.69, 9.17) is 16.7 Å². The molecule has 0 atom stereocenters. The van der Waals surface area contributed by atoms with Gasteiger partial charge in [0.15, 0.2) is 5.75 Å². The number of fused-ring (bicyclic) bond motifs is 1. The number of hydrogen-bond donors (Lipinski definition) is 1. The maximum Gasteiger partial charge on any atom is 0.511 e. The predicted molar refractivity (Wildman–Crippen MR) is 113 cm³/mol. The fourth-order valence-corrected chi connectivity index (χ4v) is 4.06. The van der Waals surface area contributed by atoms with Crippen molar-refractivity contribution in [2.75, 3.05) is 38.1 Å². The van der Waals surface area contributed by atoms with Crippen molar-refractivity contribution in [1.82, 2.24) is 9.47 Å². The molecule has 1 saturated heterocycles. The summed E-state index contributed by atoms with van der Waals surface area (Å²) in [6.45, 7) is 2.69. The lowest BCUT2D eigenvalue weighted by molar-refractivity contribution is 0.144. The van der Waals surface area contributed by atoms with Crippen molar-refractivity contribution in [3.05, 3.63) is 63.7 Å². The minimum atomic E-state index is -1.63. The molecule has 1 fully saturated rings. The van der Waals surface area contributed by atoms with E-state index in [0.29, 0.717) is 24.3 Å². The summed E-state index contributed by atoms with van der Waals surface area (Å²) in [7, 11) is 1.99. The number of carbonyl (C=O) groups is 1. The van der Waals surface area contributed by atoms with Crippen molar-refractivity contribution in [3.8, 4) is 11.4 Å². The highest BCUT2D eigenvalue weighted by molar-refractivity contribution is 6.38. The second kappa shape index (κ2) is 7.97. The van der Waals surface area contributed by atoms with Gasteiger partial charge in [-0.2, -0.15) is 0 Å². The van der Waals surface area contributed by atoms with Crippen molar-refractivity contribution < 1.29 is 19.0 Å². The van der Waals surface area contributed by atoms with Crippen LogP contribution in [0.3, 0.4) is 0 Å². The topological polar surface area (TPSA) is 75.0 Å². The molecule has 7 nitrogen and oxygen atoms in total. The smallest absolute Gasteiger partial charge is 0.449 e. The van der Waals surface area contributed by atoms with Crippen LogP contribution in [0.4, 0.5) is 14.9 Å². The lowest BCUT2D eigenvalue weighted by atomic mass is 10.1. The first-order valence-electron chi connectivity index (χ1n) is 9.34. The van der Waals surface area contributed by atoms with Gasteiger partial charge in [0.05, 0.1) is 27.8 Å². The summed E-state index contributed by atoms with van der Waals surface area (Å²) >= 11 is 6.69. The Morgan fingerprint density at radius 3 is 2.47 bits per heavy atom. The van der Waals surface area contributed by atoms with Crippen LogP contribution in [0.5, 0.6) is 5.75 Å². The molecule has 1 aromatic heterocycles. The molecule has 0 saturated carbocycles. The maximum absolute atomic E-state index is 15.1. The Morgan fingerprint density at radius 2 is 1.83 bits per heavy atom. The highest BCUT2D eigenvalue weighted by atomic mass is 35.5. The van der Waals surface area contributed by atoms with Crippen LogP contribution < -0.4 is 15.1 Å². The Labute approximate surface area is 176 Å². The van der Waals surface area contributed by atoms with E-state index in [2.05, 4.69) is 9.64 Å². The maximum atomic E-state index is 15.1. The highest BCUT2D eigenvalue weighted by Crippen LogP contribution is 2.37. The molecule has 30 heavy (non-hydrogen) atoms. The molecule has 156 valence electrons. The van der Waals surface area contributed by atoms with Crippen molar-refractivity contribution in [3.63, 3.8) is 0 Å². The summed E-state index contributed by atoms with van der Waals surface area (Å²) in [5, 5.41) is 9.03. The predicted octanol–water partition coefficient (Wildman–Crippen LogP) is 3.59. The third kappa shape index (κ3) is 3.59. The lowest BCUT2D eigenvalue weighted by Gasteiger charge is -2.35. The van der Waals surface area contributed by atoms with Gasteiger partial charge in [0.1, 0.15) is 5.82 Å². The second-order valence-corrected chi connectivity index (χ2v) is 7.48. The number of halogens is 2. The van der Waals surface area contributed by atoms with Crippen LogP contribution in [0.15, 0.2) is 47.4 Å². The lowest BCUT2D eigenvalue weighted by Crippen LogP contribution is -2.45. The molecule has 0 unspecified atom stereocenters. The van der Waals surface area contributed by atoms with Gasteiger partial charge in [-0.3, -0.25) is 4.79 Å². The molecule has 4 rings (SSSR count). The van der Waals surface area contributed by atoms with Crippen molar-refractivity contribution in [2.24, 2.45) is 0 Å². The Kier molecular flexibility index (Phi) is 5.36. The number of rotatable bonds is 3. The van der Waals surface area contributed by atoms with Crippen LogP contribution in [0.2, 0.25) is 5.02 Å². The van der Waals surface area contributed by atoms with Gasteiger partial charge >= 0.3 is 6.16 Å². The molecule has 9 heteroatoms. The number of para-hydroxylation sites is 1. The number of nitrogens with zero attached hydrogens (tertiary/aromatic N) is 3. The van der Waals surface area contributed by atoms with E-state index in [1.54, 1.807) is 28.8 Å². The van der Waals surface area contributed by atoms with Gasteiger partial charge in [-0.15, -0.1) is 0 Å². The van der Waals surface area contributed by atoms with E-state index < -0.39 is 23.2 Å². The summed E-state index contributed by atoms with van der Waals surface area (Å²) < 4.78 is 21.3. The van der Waals surface area contributed by atoms with E-state index >= 15 is 4.39 Å². The fourth-order valence-electron chi connectivity index (χ4n) is 3.66. The summed E-state index contributed by atoms with van der Waals surface area (Å²) in [4.78, 5) is 27.9. The summed E-state index contributed by atoms with van der Waals surface area (Å²) in [5.74, 6) is -1.07. The number of pyridine rings is 1. The monoisotopic (exact) mass is 431 g/mol. The molecule has 0 aliphatic carbocycles. The minimum Gasteiger partial charge on any atom is -0.449 e. The number of likely N-dealkylation sites (N-methyl/N-ethyl adjacent to an activating group) is 1. The van der Waals surface area contributed by atoms with Gasteiger partial charge in [-0.25, -0.2) is 9.18 Å². The van der Waals surface area contributed by atoms with Gasteiger partial charge in [-0.1, -0.05) is 29.8 Å². The number of ether oxygens (including phenoxy) is 1. The van der Waals surface area contributed by atoms with Crippen LogP contribution in [0.1, 0.15) is 0 Å². The number of carboxylic acid groups (broad SMARTS) is 1. The van der Waals surface area contributed by atoms with Crippen LogP contribution in [0.25, 0.3) is 16.6 Å². The second-order valence-electron chi connectivity index (χ2n) is 7.10. The van der Waals surface area contributed by atoms with E-state index in [1.165, 1.54) is 6.20 Å². The number of benzene rings is 2. The van der Waals surface area contributed by atoms with E-state index in [0.717, 1.165) is 19.2 Å². The Morgan fingerprint density at radius 1 is 1.17 bits per heavy atom. The van der Waals surface area contributed by atoms with Crippen LogP contribution in [0, 0.1) is 5.82 Å². The summed E-state index contributed by atoms with van der Waals surface area (Å²) in [5.41, 5.74) is 0.398. The molecule has 0 spiro atoms. The van der Waals surface area contributed by atoms with Gasteiger partial charge in [-0.05, 0) is 25.2 Å². The highest BCUT2D eigenvalue weighted by Gasteiger charge is 2.25. The van der Waals surface area contributed by atoms with Crippen LogP contribution in [-0.4, -0.2) is 54.0 Å². The number of anilines is 1. The fraction of sp³-hybridized carbons (Fsp3) is 0.238. The Hall–Kier alpha value is -3.10. The zero-order valence-corrected chi connectivity index (χ0v) is 16.9. The molecule has 0 amide bonds. The molecule has 1 aliphatic heterocycles. The SMILES string of the molecule is CN1CCN(c2c(F)cc3c(=O)c(OC(=O)O)cn(-c4ccccc4)c3c2Cl)CC1. The van der Waals surface area contributed by atoms with Crippen molar-refractivity contribution >= 4 is 34.3 Å². The minimum absolute atomic E-state index is 0.0574. The molecule has 0 radical (unpaired) electrons. The van der Waals surface area contributed by atoms with Crippen molar-refractivity contribution in [2.45, 2.75) is 0 Å². The number of hydrogen-bond acceptors (Lipinski definition) is 5. The molecule has 3 aromatic rings. The third-order valence-corrected chi connectivity index (χ3v) is 5.53. The first-order valence-corrected chi connectivity index (χ1v) is 9.71. The van der Waals surface area contributed by atoms with Crippen LogP contribution in [-0.2, 0) is 0 Å². The number of piperazine rings is 1.